The lowest BCUT2D eigenvalue weighted by Gasteiger charge is -2.19. The van der Waals surface area contributed by atoms with E-state index in [0.717, 1.165) is 17.5 Å². The summed E-state index contributed by atoms with van der Waals surface area (Å²) >= 11 is 0. The SMILES string of the molecule is O=C(NCCC1=CCCCC1)[C@@H](Cc1ccc(O)cc1)c1ccccc1. The van der Waals surface area contributed by atoms with E-state index in [1.807, 2.05) is 42.5 Å². The molecule has 1 aliphatic rings. The summed E-state index contributed by atoms with van der Waals surface area (Å²) in [6.07, 6.45) is 8.82. The number of nitrogens with one attached hydrogen (secondary N) is 1. The average molecular weight is 349 g/mol. The van der Waals surface area contributed by atoms with Gasteiger partial charge < -0.3 is 10.4 Å². The van der Waals surface area contributed by atoms with Crippen molar-refractivity contribution in [3.8, 4) is 5.75 Å². The Morgan fingerprint density at radius 2 is 1.81 bits per heavy atom. The quantitative estimate of drug-likeness (QED) is 0.710. The number of phenolic OH excluding ortho intramolecular Hbond substituents is 1. The number of allylic oxidation sites excluding steroid dienone is 1. The lowest BCUT2D eigenvalue weighted by molar-refractivity contribution is -0.122. The van der Waals surface area contributed by atoms with Gasteiger partial charge in [-0.25, -0.2) is 0 Å². The number of hydrogen-bond acceptors (Lipinski definition) is 2. The highest BCUT2D eigenvalue weighted by Crippen LogP contribution is 2.23. The molecule has 2 aromatic rings. The van der Waals surface area contributed by atoms with Crippen molar-refractivity contribution in [3.05, 3.63) is 77.4 Å². The van der Waals surface area contributed by atoms with E-state index in [0.29, 0.717) is 13.0 Å². The maximum Gasteiger partial charge on any atom is 0.227 e. The highest BCUT2D eigenvalue weighted by Gasteiger charge is 2.21. The van der Waals surface area contributed by atoms with Crippen LogP contribution < -0.4 is 5.32 Å². The van der Waals surface area contributed by atoms with Gasteiger partial charge in [-0.1, -0.05) is 54.1 Å². The molecule has 2 N–H and O–H groups in total. The molecule has 0 radical (unpaired) electrons. The minimum absolute atomic E-state index is 0.0701. The topological polar surface area (TPSA) is 49.3 Å². The van der Waals surface area contributed by atoms with E-state index in [4.69, 9.17) is 0 Å². The van der Waals surface area contributed by atoms with Crippen LogP contribution in [0.4, 0.5) is 0 Å². The molecule has 1 atom stereocenters. The molecular weight excluding hydrogens is 322 g/mol. The molecule has 0 spiro atoms. The van der Waals surface area contributed by atoms with E-state index in [-0.39, 0.29) is 17.6 Å². The summed E-state index contributed by atoms with van der Waals surface area (Å²) in [5, 5.41) is 12.6. The Kier molecular flexibility index (Phi) is 6.48. The number of carbonyl (C=O) groups excluding carboxylic acids is 1. The van der Waals surface area contributed by atoms with Gasteiger partial charge in [-0.2, -0.15) is 0 Å². The molecule has 1 amide bonds. The number of benzene rings is 2. The fraction of sp³-hybridized carbons (Fsp3) is 0.348. The van der Waals surface area contributed by atoms with Crippen LogP contribution in [0.25, 0.3) is 0 Å². The van der Waals surface area contributed by atoms with Crippen molar-refractivity contribution in [1.29, 1.82) is 0 Å². The first-order chi connectivity index (χ1) is 12.7. The van der Waals surface area contributed by atoms with Gasteiger partial charge in [0.1, 0.15) is 5.75 Å². The van der Waals surface area contributed by atoms with Gasteiger partial charge in [0.05, 0.1) is 5.92 Å². The van der Waals surface area contributed by atoms with E-state index in [1.165, 1.54) is 31.3 Å². The maximum absolute atomic E-state index is 12.9. The third kappa shape index (κ3) is 5.22. The van der Waals surface area contributed by atoms with E-state index in [1.54, 1.807) is 12.1 Å². The number of phenols is 1. The van der Waals surface area contributed by atoms with Crippen molar-refractivity contribution in [2.24, 2.45) is 0 Å². The third-order valence-electron chi connectivity index (χ3n) is 5.02. The van der Waals surface area contributed by atoms with Crippen LogP contribution in [0, 0.1) is 0 Å². The second kappa shape index (κ2) is 9.23. The van der Waals surface area contributed by atoms with Gasteiger partial charge in [0, 0.05) is 6.54 Å². The fourth-order valence-corrected chi connectivity index (χ4v) is 3.52. The largest absolute Gasteiger partial charge is 0.508 e. The van der Waals surface area contributed by atoms with Gasteiger partial charge in [0.25, 0.3) is 0 Å². The molecule has 1 aliphatic carbocycles. The smallest absolute Gasteiger partial charge is 0.227 e. The number of amides is 1. The summed E-state index contributed by atoms with van der Waals surface area (Å²) < 4.78 is 0. The van der Waals surface area contributed by atoms with E-state index in [2.05, 4.69) is 11.4 Å². The zero-order chi connectivity index (χ0) is 18.2. The van der Waals surface area contributed by atoms with Gasteiger partial charge in [-0.15, -0.1) is 0 Å². The van der Waals surface area contributed by atoms with Crippen molar-refractivity contribution < 1.29 is 9.90 Å². The zero-order valence-electron chi connectivity index (χ0n) is 15.2. The van der Waals surface area contributed by atoms with Crippen LogP contribution in [0.5, 0.6) is 5.75 Å². The molecule has 136 valence electrons. The second-order valence-electron chi connectivity index (χ2n) is 6.98. The Morgan fingerprint density at radius 3 is 2.50 bits per heavy atom. The van der Waals surface area contributed by atoms with Crippen LogP contribution in [0.15, 0.2) is 66.2 Å². The number of carbonyl (C=O) groups is 1. The third-order valence-corrected chi connectivity index (χ3v) is 5.02. The molecular formula is C23H27NO2. The maximum atomic E-state index is 12.9. The molecule has 0 bridgehead atoms. The Balaban J connectivity index is 1.65. The first-order valence-electron chi connectivity index (χ1n) is 9.51. The van der Waals surface area contributed by atoms with Gasteiger partial charge >= 0.3 is 0 Å². The van der Waals surface area contributed by atoms with Crippen molar-refractivity contribution in [1.82, 2.24) is 5.32 Å². The molecule has 2 aromatic carbocycles. The minimum atomic E-state index is -0.221. The van der Waals surface area contributed by atoms with Gasteiger partial charge in [0.2, 0.25) is 5.91 Å². The first-order valence-corrected chi connectivity index (χ1v) is 9.51. The molecule has 0 aromatic heterocycles. The minimum Gasteiger partial charge on any atom is -0.508 e. The molecule has 0 unspecified atom stereocenters. The fourth-order valence-electron chi connectivity index (χ4n) is 3.52. The van der Waals surface area contributed by atoms with Crippen LogP contribution in [0.2, 0.25) is 0 Å². The summed E-state index contributed by atoms with van der Waals surface area (Å²) in [7, 11) is 0. The number of aromatic hydroxyl groups is 1. The van der Waals surface area contributed by atoms with Crippen molar-refractivity contribution in [2.75, 3.05) is 6.54 Å². The van der Waals surface area contributed by atoms with Gasteiger partial charge in [-0.05, 0) is 61.8 Å². The molecule has 26 heavy (non-hydrogen) atoms. The van der Waals surface area contributed by atoms with Crippen molar-refractivity contribution in [3.63, 3.8) is 0 Å². The van der Waals surface area contributed by atoms with Crippen molar-refractivity contribution in [2.45, 2.75) is 44.4 Å². The second-order valence-corrected chi connectivity index (χ2v) is 6.98. The Bertz CT molecular complexity index is 735. The number of rotatable bonds is 7. The highest BCUT2D eigenvalue weighted by atomic mass is 16.3. The lowest BCUT2D eigenvalue weighted by atomic mass is 9.91. The monoisotopic (exact) mass is 349 g/mol. The molecule has 3 heteroatoms. The average Bonchev–Trinajstić information content (AvgIpc) is 2.69. The normalized spacial score (nSPS) is 15.2. The molecule has 3 nitrogen and oxygen atoms in total. The van der Waals surface area contributed by atoms with E-state index < -0.39 is 0 Å². The summed E-state index contributed by atoms with van der Waals surface area (Å²) in [5.41, 5.74) is 3.54. The highest BCUT2D eigenvalue weighted by molar-refractivity contribution is 5.84. The predicted molar refractivity (Wildman–Crippen MR) is 105 cm³/mol. The van der Waals surface area contributed by atoms with Crippen LogP contribution in [0.1, 0.15) is 49.1 Å². The molecule has 0 fully saturated rings. The Hall–Kier alpha value is -2.55. The van der Waals surface area contributed by atoms with E-state index >= 15 is 0 Å². The molecule has 0 saturated heterocycles. The lowest BCUT2D eigenvalue weighted by Crippen LogP contribution is -2.31. The summed E-state index contributed by atoms with van der Waals surface area (Å²) in [6, 6.07) is 17.0. The molecule has 0 saturated carbocycles. The predicted octanol–water partition coefficient (Wildman–Crippen LogP) is 4.73. The first kappa shape index (κ1) is 18.2. The van der Waals surface area contributed by atoms with Crippen LogP contribution >= 0.6 is 0 Å². The van der Waals surface area contributed by atoms with Crippen LogP contribution in [0.3, 0.4) is 0 Å². The van der Waals surface area contributed by atoms with Crippen LogP contribution in [-0.2, 0) is 11.2 Å². The molecule has 0 heterocycles. The van der Waals surface area contributed by atoms with E-state index in [9.17, 15) is 9.90 Å². The molecule has 3 rings (SSSR count). The van der Waals surface area contributed by atoms with Gasteiger partial charge in [0.15, 0.2) is 0 Å². The molecule has 0 aliphatic heterocycles. The summed E-state index contributed by atoms with van der Waals surface area (Å²) in [4.78, 5) is 12.9. The standard InChI is InChI=1S/C23H27NO2/c25-21-13-11-19(12-14-21)17-22(20-9-5-2-6-10-20)23(26)24-16-15-18-7-3-1-4-8-18/h2,5-7,9-14,22,25H,1,3-4,8,15-17H2,(H,24,26)/t22-/m0/s1. The number of hydrogen-bond donors (Lipinski definition) is 2. The van der Waals surface area contributed by atoms with Crippen LogP contribution in [-0.4, -0.2) is 17.6 Å². The van der Waals surface area contributed by atoms with Gasteiger partial charge in [-0.3, -0.25) is 4.79 Å². The zero-order valence-corrected chi connectivity index (χ0v) is 15.2. The summed E-state index contributed by atoms with van der Waals surface area (Å²) in [6.45, 7) is 0.698. The van der Waals surface area contributed by atoms with Crippen molar-refractivity contribution >= 4 is 5.91 Å². The Morgan fingerprint density at radius 1 is 1.04 bits per heavy atom. The Labute approximate surface area is 155 Å². The summed E-state index contributed by atoms with van der Waals surface area (Å²) in [5.74, 6) is 0.0944.